The number of guanidine groups is 1. The molecule has 0 saturated carbocycles. The highest BCUT2D eigenvalue weighted by Gasteiger charge is 2.03. The van der Waals surface area contributed by atoms with E-state index in [2.05, 4.69) is 41.9 Å². The third-order valence-electron chi connectivity index (χ3n) is 3.23. The molecule has 0 aliphatic carbocycles. The van der Waals surface area contributed by atoms with E-state index in [4.69, 9.17) is 10.5 Å². The molecule has 0 bridgehead atoms. The third-order valence-corrected chi connectivity index (χ3v) is 3.23. The van der Waals surface area contributed by atoms with E-state index in [1.807, 2.05) is 6.92 Å². The summed E-state index contributed by atoms with van der Waals surface area (Å²) < 4.78 is 5.32. The van der Waals surface area contributed by atoms with Crippen molar-refractivity contribution < 1.29 is 4.74 Å². The summed E-state index contributed by atoms with van der Waals surface area (Å²) in [7, 11) is 1.70. The maximum atomic E-state index is 5.93. The Balaban J connectivity index is 2.60. The Hall–Kier alpha value is -1.71. The van der Waals surface area contributed by atoms with E-state index >= 15 is 0 Å². The normalized spacial score (nSPS) is 11.5. The molecule has 4 heteroatoms. The van der Waals surface area contributed by atoms with Gasteiger partial charge in [-0.25, -0.2) is 0 Å². The lowest BCUT2D eigenvalue weighted by Gasteiger charge is -2.19. The average Bonchev–Trinajstić information content (AvgIpc) is 2.42. The zero-order valence-corrected chi connectivity index (χ0v) is 12.4. The van der Waals surface area contributed by atoms with E-state index in [-0.39, 0.29) is 0 Å². The number of ether oxygens (including phenoxy) is 1. The van der Waals surface area contributed by atoms with Gasteiger partial charge in [-0.3, -0.25) is 4.99 Å². The lowest BCUT2D eigenvalue weighted by molar-refractivity contribution is 0.411. The van der Waals surface area contributed by atoms with E-state index in [0.29, 0.717) is 12.5 Å². The number of nitrogens with zero attached hydrogens (tertiary/aromatic N) is 2. The van der Waals surface area contributed by atoms with E-state index in [9.17, 15) is 0 Å². The number of benzene rings is 1. The van der Waals surface area contributed by atoms with Gasteiger partial charge in [-0.05, 0) is 44.4 Å². The highest BCUT2D eigenvalue weighted by molar-refractivity contribution is 5.77. The molecule has 2 N–H and O–H groups in total. The van der Waals surface area contributed by atoms with Crippen molar-refractivity contribution in [3.63, 3.8) is 0 Å². The first-order chi connectivity index (χ1) is 9.12. The fourth-order valence-electron chi connectivity index (χ4n) is 1.97. The van der Waals surface area contributed by atoms with Crippen LogP contribution in [0.5, 0.6) is 5.75 Å². The molecule has 0 saturated heterocycles. The number of methoxy groups -OCH3 is 1. The molecule has 0 aliphatic heterocycles. The highest BCUT2D eigenvalue weighted by atomic mass is 16.5. The Bertz CT molecular complexity index is 425. The molecule has 106 valence electrons. The molecule has 4 nitrogen and oxygen atoms in total. The van der Waals surface area contributed by atoms with Crippen LogP contribution in [0.15, 0.2) is 23.2 Å². The molecule has 0 amide bonds. The second-order valence-electron chi connectivity index (χ2n) is 4.47. The monoisotopic (exact) mass is 263 g/mol. The topological polar surface area (TPSA) is 50.8 Å². The predicted octanol–water partition coefficient (Wildman–Crippen LogP) is 2.20. The molecule has 0 spiro atoms. The molecule has 0 radical (unpaired) electrons. The number of hydrogen-bond acceptors (Lipinski definition) is 2. The van der Waals surface area contributed by atoms with Crippen molar-refractivity contribution in [3.05, 3.63) is 29.3 Å². The van der Waals surface area contributed by atoms with Gasteiger partial charge in [-0.15, -0.1) is 0 Å². The summed E-state index contributed by atoms with van der Waals surface area (Å²) in [6.45, 7) is 8.69. The van der Waals surface area contributed by atoms with Crippen LogP contribution < -0.4 is 10.5 Å². The van der Waals surface area contributed by atoms with Crippen LogP contribution in [0.2, 0.25) is 0 Å². The number of aliphatic imine (C=N–C) groups is 1. The summed E-state index contributed by atoms with van der Waals surface area (Å²) in [6, 6.07) is 6.26. The summed E-state index contributed by atoms with van der Waals surface area (Å²) in [4.78, 5) is 6.47. The van der Waals surface area contributed by atoms with Crippen LogP contribution in [0, 0.1) is 6.92 Å². The van der Waals surface area contributed by atoms with Crippen LogP contribution in [0.4, 0.5) is 0 Å². The van der Waals surface area contributed by atoms with Crippen LogP contribution in [0.25, 0.3) is 0 Å². The van der Waals surface area contributed by atoms with Crippen LogP contribution >= 0.6 is 0 Å². The van der Waals surface area contributed by atoms with Crippen molar-refractivity contribution in [2.75, 3.05) is 26.7 Å². The molecular weight excluding hydrogens is 238 g/mol. The van der Waals surface area contributed by atoms with E-state index in [1.165, 1.54) is 5.56 Å². The molecule has 1 aromatic carbocycles. The predicted molar refractivity (Wildman–Crippen MR) is 80.8 cm³/mol. The third kappa shape index (κ3) is 4.47. The largest absolute Gasteiger partial charge is 0.496 e. The standard InChI is InChI=1S/C15H25N3O/c1-5-18(6-2)15(16)17-10-9-13-8-7-12(3)14(11-13)19-4/h7-8,11H,5-6,9-10H2,1-4H3,(H2,16,17). The van der Waals surface area contributed by atoms with Crippen molar-refractivity contribution in [3.8, 4) is 5.75 Å². The Labute approximate surface area is 116 Å². The van der Waals surface area contributed by atoms with Gasteiger partial charge in [-0.1, -0.05) is 12.1 Å². The first kappa shape index (κ1) is 15.3. The van der Waals surface area contributed by atoms with Gasteiger partial charge in [0.15, 0.2) is 5.96 Å². The second-order valence-corrected chi connectivity index (χ2v) is 4.47. The molecule has 0 aromatic heterocycles. The fraction of sp³-hybridized carbons (Fsp3) is 0.533. The van der Waals surface area contributed by atoms with E-state index < -0.39 is 0 Å². The maximum Gasteiger partial charge on any atom is 0.191 e. The van der Waals surface area contributed by atoms with Gasteiger partial charge in [0.2, 0.25) is 0 Å². The van der Waals surface area contributed by atoms with Crippen LogP contribution in [-0.2, 0) is 6.42 Å². The van der Waals surface area contributed by atoms with Crippen molar-refractivity contribution in [2.24, 2.45) is 10.7 Å². The van der Waals surface area contributed by atoms with Crippen molar-refractivity contribution >= 4 is 5.96 Å². The minimum absolute atomic E-state index is 0.629. The second kappa shape index (κ2) is 7.67. The van der Waals surface area contributed by atoms with Crippen LogP contribution in [-0.4, -0.2) is 37.6 Å². The molecule has 1 rings (SSSR count). The zero-order chi connectivity index (χ0) is 14.3. The van der Waals surface area contributed by atoms with E-state index in [1.54, 1.807) is 7.11 Å². The van der Waals surface area contributed by atoms with Crippen molar-refractivity contribution in [1.82, 2.24) is 4.90 Å². The lowest BCUT2D eigenvalue weighted by atomic mass is 10.1. The quantitative estimate of drug-likeness (QED) is 0.632. The summed E-state index contributed by atoms with van der Waals surface area (Å²) in [5, 5.41) is 0. The van der Waals surface area contributed by atoms with Gasteiger partial charge < -0.3 is 15.4 Å². The number of aryl methyl sites for hydroxylation is 1. The summed E-state index contributed by atoms with van der Waals surface area (Å²) in [5.41, 5.74) is 8.31. The van der Waals surface area contributed by atoms with Gasteiger partial charge in [-0.2, -0.15) is 0 Å². The zero-order valence-electron chi connectivity index (χ0n) is 12.4. The van der Waals surface area contributed by atoms with Gasteiger partial charge >= 0.3 is 0 Å². The molecule has 19 heavy (non-hydrogen) atoms. The summed E-state index contributed by atoms with van der Waals surface area (Å²) >= 11 is 0. The molecule has 1 aromatic rings. The first-order valence-corrected chi connectivity index (χ1v) is 6.80. The minimum atomic E-state index is 0.629. The van der Waals surface area contributed by atoms with Crippen molar-refractivity contribution in [2.45, 2.75) is 27.2 Å². The summed E-state index contributed by atoms with van der Waals surface area (Å²) in [6.07, 6.45) is 0.874. The van der Waals surface area contributed by atoms with Gasteiger partial charge in [0.05, 0.1) is 7.11 Å². The minimum Gasteiger partial charge on any atom is -0.496 e. The summed E-state index contributed by atoms with van der Waals surface area (Å²) in [5.74, 6) is 1.56. The molecule has 0 unspecified atom stereocenters. The highest BCUT2D eigenvalue weighted by Crippen LogP contribution is 2.19. The van der Waals surface area contributed by atoms with Crippen LogP contribution in [0.3, 0.4) is 0 Å². The van der Waals surface area contributed by atoms with Crippen LogP contribution in [0.1, 0.15) is 25.0 Å². The maximum absolute atomic E-state index is 5.93. The number of hydrogen-bond donors (Lipinski definition) is 1. The fourth-order valence-corrected chi connectivity index (χ4v) is 1.97. The van der Waals surface area contributed by atoms with Gasteiger partial charge in [0, 0.05) is 19.6 Å². The molecule has 0 heterocycles. The number of nitrogens with two attached hydrogens (primary N) is 1. The Kier molecular flexibility index (Phi) is 6.19. The van der Waals surface area contributed by atoms with Gasteiger partial charge in [0.25, 0.3) is 0 Å². The first-order valence-electron chi connectivity index (χ1n) is 6.80. The molecule has 0 atom stereocenters. The van der Waals surface area contributed by atoms with E-state index in [0.717, 1.165) is 30.8 Å². The molecule has 0 fully saturated rings. The SMILES string of the molecule is CCN(CC)C(N)=NCCc1ccc(C)c(OC)c1. The molecule has 0 aliphatic rings. The number of rotatable bonds is 6. The Morgan fingerprint density at radius 3 is 2.58 bits per heavy atom. The Morgan fingerprint density at radius 2 is 2.00 bits per heavy atom. The van der Waals surface area contributed by atoms with Gasteiger partial charge in [0.1, 0.15) is 5.75 Å². The molecular formula is C15H25N3O. The Morgan fingerprint density at radius 1 is 1.32 bits per heavy atom. The average molecular weight is 263 g/mol. The smallest absolute Gasteiger partial charge is 0.191 e. The lowest BCUT2D eigenvalue weighted by Crippen LogP contribution is -2.37. The van der Waals surface area contributed by atoms with Crippen molar-refractivity contribution in [1.29, 1.82) is 0 Å².